The van der Waals surface area contributed by atoms with Crippen LogP contribution in [-0.2, 0) is 0 Å². The molecule has 0 fully saturated rings. The Morgan fingerprint density at radius 1 is 0.972 bits per heavy atom. The van der Waals surface area contributed by atoms with Crippen molar-refractivity contribution in [3.63, 3.8) is 0 Å². The maximum absolute atomic E-state index is 12.9. The van der Waals surface area contributed by atoms with Crippen molar-refractivity contribution in [1.29, 1.82) is 0 Å². The summed E-state index contributed by atoms with van der Waals surface area (Å²) in [4.78, 5) is 27.9. The fraction of sp³-hybridized carbons (Fsp3) is 0.0385. The normalized spacial score (nSPS) is 10.7. The Morgan fingerprint density at radius 2 is 1.78 bits per heavy atom. The van der Waals surface area contributed by atoms with E-state index in [-0.39, 0.29) is 17.3 Å². The summed E-state index contributed by atoms with van der Waals surface area (Å²) in [7, 11) is 1.59. The summed E-state index contributed by atoms with van der Waals surface area (Å²) in [6.07, 6.45) is 0. The maximum atomic E-state index is 12.9. The average Bonchev–Trinajstić information content (AvgIpc) is 3.60. The number of methoxy groups -OCH3 is 1. The molecule has 36 heavy (non-hydrogen) atoms. The Hall–Kier alpha value is -5.25. The van der Waals surface area contributed by atoms with Crippen molar-refractivity contribution in [1.82, 2.24) is 10.1 Å². The van der Waals surface area contributed by atoms with Gasteiger partial charge in [0.15, 0.2) is 5.76 Å². The lowest BCUT2D eigenvalue weighted by Gasteiger charge is -2.07. The van der Waals surface area contributed by atoms with Crippen molar-refractivity contribution < 1.29 is 23.4 Å². The fourth-order valence-corrected chi connectivity index (χ4v) is 3.54. The van der Waals surface area contributed by atoms with E-state index in [0.29, 0.717) is 34.1 Å². The number of anilines is 1. The van der Waals surface area contributed by atoms with E-state index >= 15 is 0 Å². The van der Waals surface area contributed by atoms with E-state index in [1.807, 2.05) is 12.1 Å². The number of nitrogens with zero attached hydrogens (tertiary/aromatic N) is 3. The number of nitrogens with one attached hydrogen (secondary N) is 1. The van der Waals surface area contributed by atoms with Gasteiger partial charge in [0, 0.05) is 23.3 Å². The van der Waals surface area contributed by atoms with Gasteiger partial charge in [-0.2, -0.15) is 4.98 Å². The van der Waals surface area contributed by atoms with Gasteiger partial charge in [-0.3, -0.25) is 14.9 Å². The molecule has 0 aliphatic rings. The molecular weight excluding hydrogens is 464 g/mol. The first-order chi connectivity index (χ1) is 17.5. The molecule has 1 amide bonds. The number of carbonyl (C=O) groups excluding carboxylic acids is 1. The van der Waals surface area contributed by atoms with Crippen LogP contribution in [0.3, 0.4) is 0 Å². The molecule has 0 bridgehead atoms. The summed E-state index contributed by atoms with van der Waals surface area (Å²) >= 11 is 0. The van der Waals surface area contributed by atoms with Gasteiger partial charge < -0.3 is 19.0 Å². The highest BCUT2D eigenvalue weighted by atomic mass is 16.6. The minimum Gasteiger partial charge on any atom is -0.497 e. The Balaban J connectivity index is 1.37. The van der Waals surface area contributed by atoms with Crippen LogP contribution in [0, 0.1) is 10.1 Å². The Bertz CT molecular complexity index is 1550. The highest BCUT2D eigenvalue weighted by Gasteiger charge is 2.19. The zero-order valence-corrected chi connectivity index (χ0v) is 18.9. The van der Waals surface area contributed by atoms with Gasteiger partial charge in [-0.15, -0.1) is 0 Å². The SMILES string of the molecule is COc1ccc(-c2noc(-c3ccccc3NC(=O)c3ccc(-c4cccc([N+](=O)[O-])c4)o3)n2)cc1. The van der Waals surface area contributed by atoms with Gasteiger partial charge in [0.1, 0.15) is 11.5 Å². The van der Waals surface area contributed by atoms with Crippen LogP contribution in [0.25, 0.3) is 34.2 Å². The van der Waals surface area contributed by atoms with Crippen molar-refractivity contribution in [3.05, 3.63) is 101 Å². The van der Waals surface area contributed by atoms with Crippen LogP contribution in [0.5, 0.6) is 5.75 Å². The van der Waals surface area contributed by atoms with Gasteiger partial charge in [-0.25, -0.2) is 0 Å². The summed E-state index contributed by atoms with van der Waals surface area (Å²) in [6.45, 7) is 0. The quantitative estimate of drug-likeness (QED) is 0.226. The minimum atomic E-state index is -0.506. The van der Waals surface area contributed by atoms with Gasteiger partial charge >= 0.3 is 0 Å². The van der Waals surface area contributed by atoms with E-state index in [0.717, 1.165) is 5.56 Å². The molecule has 5 aromatic rings. The predicted octanol–water partition coefficient (Wildman–Crippen LogP) is 5.83. The Morgan fingerprint density at radius 3 is 2.56 bits per heavy atom. The summed E-state index contributed by atoms with van der Waals surface area (Å²) < 4.78 is 16.3. The molecule has 0 spiro atoms. The third kappa shape index (κ3) is 4.55. The lowest BCUT2D eigenvalue weighted by Crippen LogP contribution is -2.11. The molecule has 1 N–H and O–H groups in total. The molecule has 10 nitrogen and oxygen atoms in total. The first-order valence-electron chi connectivity index (χ1n) is 10.8. The number of nitro benzene ring substituents is 1. The summed E-state index contributed by atoms with van der Waals surface area (Å²) in [5, 5.41) is 17.9. The molecule has 3 aromatic carbocycles. The number of carbonyl (C=O) groups is 1. The summed E-state index contributed by atoms with van der Waals surface area (Å²) in [5.41, 5.74) is 2.14. The van der Waals surface area contributed by atoms with Crippen LogP contribution < -0.4 is 10.1 Å². The monoisotopic (exact) mass is 482 g/mol. The Labute approximate surface area is 204 Å². The number of ether oxygens (including phenoxy) is 1. The molecule has 2 aromatic heterocycles. The summed E-state index contributed by atoms with van der Waals surface area (Å²) in [5.74, 6) is 1.19. The highest BCUT2D eigenvalue weighted by molar-refractivity contribution is 6.04. The van der Waals surface area contributed by atoms with Crippen molar-refractivity contribution in [3.8, 4) is 39.9 Å². The smallest absolute Gasteiger partial charge is 0.291 e. The predicted molar refractivity (Wildman–Crippen MR) is 130 cm³/mol. The number of rotatable bonds is 7. The number of furan rings is 1. The van der Waals surface area contributed by atoms with Crippen LogP contribution in [-0.4, -0.2) is 28.1 Å². The van der Waals surface area contributed by atoms with Crippen molar-refractivity contribution in [2.45, 2.75) is 0 Å². The van der Waals surface area contributed by atoms with E-state index < -0.39 is 10.8 Å². The first-order valence-corrected chi connectivity index (χ1v) is 10.8. The first kappa shape index (κ1) is 22.5. The topological polar surface area (TPSA) is 134 Å². The van der Waals surface area contributed by atoms with Crippen LogP contribution in [0.2, 0.25) is 0 Å². The van der Waals surface area contributed by atoms with Crippen LogP contribution in [0.15, 0.2) is 93.9 Å². The number of amides is 1. The maximum Gasteiger partial charge on any atom is 0.291 e. The van der Waals surface area contributed by atoms with E-state index in [4.69, 9.17) is 13.7 Å². The lowest BCUT2D eigenvalue weighted by atomic mass is 10.1. The van der Waals surface area contributed by atoms with Gasteiger partial charge in [0.05, 0.1) is 23.3 Å². The van der Waals surface area contributed by atoms with E-state index in [1.165, 1.54) is 18.2 Å². The number of hydrogen-bond acceptors (Lipinski definition) is 8. The molecule has 2 heterocycles. The average molecular weight is 482 g/mol. The number of para-hydroxylation sites is 1. The number of nitro groups is 1. The van der Waals surface area contributed by atoms with E-state index in [1.54, 1.807) is 61.7 Å². The third-order valence-electron chi connectivity index (χ3n) is 5.35. The second kappa shape index (κ2) is 9.55. The van der Waals surface area contributed by atoms with Crippen LogP contribution >= 0.6 is 0 Å². The fourth-order valence-electron chi connectivity index (χ4n) is 3.54. The second-order valence-corrected chi connectivity index (χ2v) is 7.62. The zero-order valence-electron chi connectivity index (χ0n) is 18.9. The van der Waals surface area contributed by atoms with Crippen LogP contribution in [0.1, 0.15) is 10.6 Å². The number of hydrogen-bond donors (Lipinski definition) is 1. The van der Waals surface area contributed by atoms with Gasteiger partial charge in [0.25, 0.3) is 17.5 Å². The molecule has 0 aliphatic heterocycles. The van der Waals surface area contributed by atoms with Crippen molar-refractivity contribution in [2.24, 2.45) is 0 Å². The zero-order chi connectivity index (χ0) is 25.1. The van der Waals surface area contributed by atoms with E-state index in [9.17, 15) is 14.9 Å². The number of aromatic nitrogens is 2. The largest absolute Gasteiger partial charge is 0.497 e. The standard InChI is InChI=1S/C26H18N4O6/c1-34-19-11-9-16(10-12-19)24-28-26(36-29-24)20-7-2-3-8-21(20)27-25(31)23-14-13-22(35-23)17-5-4-6-18(15-17)30(32)33/h2-15H,1H3,(H,27,31). The lowest BCUT2D eigenvalue weighted by molar-refractivity contribution is -0.384. The van der Waals surface area contributed by atoms with Gasteiger partial charge in [0.2, 0.25) is 5.82 Å². The summed E-state index contributed by atoms with van der Waals surface area (Å²) in [6, 6.07) is 23.3. The molecule has 178 valence electrons. The van der Waals surface area contributed by atoms with E-state index in [2.05, 4.69) is 15.5 Å². The number of non-ortho nitro benzene ring substituents is 1. The van der Waals surface area contributed by atoms with Gasteiger partial charge in [-0.05, 0) is 48.5 Å². The molecule has 0 saturated heterocycles. The second-order valence-electron chi connectivity index (χ2n) is 7.62. The molecular formula is C26H18N4O6. The Kier molecular flexibility index (Phi) is 5.98. The van der Waals surface area contributed by atoms with Gasteiger partial charge in [-0.1, -0.05) is 29.4 Å². The molecule has 10 heteroatoms. The minimum absolute atomic E-state index is 0.0377. The van der Waals surface area contributed by atoms with Crippen LogP contribution in [0.4, 0.5) is 11.4 Å². The molecule has 0 aliphatic carbocycles. The third-order valence-corrected chi connectivity index (χ3v) is 5.35. The molecule has 0 unspecified atom stereocenters. The van der Waals surface area contributed by atoms with Crippen molar-refractivity contribution in [2.75, 3.05) is 12.4 Å². The highest BCUT2D eigenvalue weighted by Crippen LogP contribution is 2.30. The van der Waals surface area contributed by atoms with Crippen molar-refractivity contribution >= 4 is 17.3 Å². The number of benzene rings is 3. The molecule has 0 radical (unpaired) electrons. The molecule has 0 saturated carbocycles. The molecule has 0 atom stereocenters. The molecule has 5 rings (SSSR count).